The van der Waals surface area contributed by atoms with Gasteiger partial charge in [0, 0.05) is 18.2 Å². The number of thioether (sulfide) groups is 1. The third-order valence-corrected chi connectivity index (χ3v) is 5.30. The zero-order chi connectivity index (χ0) is 19.1. The maximum atomic E-state index is 12.1. The number of benzene rings is 1. The number of nitrogens with zero attached hydrogens (tertiary/aromatic N) is 3. The Hall–Kier alpha value is -2.61. The van der Waals surface area contributed by atoms with Gasteiger partial charge < -0.3 is 5.32 Å². The standard InChI is InChI=1S/C19H23N5O2S/c1-2-12-24-17(14-8-4-3-5-9-14)22-23-19(24)27-13-16(25)21-18(26)20-15-10-6-7-11-15/h2-5,8-9,15H,1,6-7,10-13H2,(H2,20,21,25,26). The minimum atomic E-state index is -0.426. The van der Waals surface area contributed by atoms with Gasteiger partial charge in [0.1, 0.15) is 0 Å². The SMILES string of the molecule is C=CCn1c(SCC(=O)NC(=O)NC2CCCC2)nnc1-c1ccccc1. The van der Waals surface area contributed by atoms with Crippen molar-refractivity contribution in [2.45, 2.75) is 43.4 Å². The molecule has 0 atom stereocenters. The van der Waals surface area contributed by atoms with Gasteiger partial charge in [-0.25, -0.2) is 4.79 Å². The molecule has 1 fully saturated rings. The number of rotatable bonds is 7. The van der Waals surface area contributed by atoms with Crippen molar-refractivity contribution >= 4 is 23.7 Å². The number of carbonyl (C=O) groups excluding carboxylic acids is 2. The fourth-order valence-corrected chi connectivity index (χ4v) is 3.82. The molecule has 1 aromatic heterocycles. The van der Waals surface area contributed by atoms with Crippen LogP contribution in [0, 0.1) is 0 Å². The lowest BCUT2D eigenvalue weighted by Crippen LogP contribution is -2.44. The lowest BCUT2D eigenvalue weighted by atomic mass is 10.2. The molecule has 3 rings (SSSR count). The number of amides is 3. The first kappa shape index (κ1) is 19.2. The van der Waals surface area contributed by atoms with Crippen LogP contribution in [-0.4, -0.2) is 38.5 Å². The minimum absolute atomic E-state index is 0.0855. The molecule has 1 saturated carbocycles. The van der Waals surface area contributed by atoms with Gasteiger partial charge in [-0.05, 0) is 12.8 Å². The van der Waals surface area contributed by atoms with Crippen LogP contribution in [0.25, 0.3) is 11.4 Å². The van der Waals surface area contributed by atoms with Gasteiger partial charge in [-0.3, -0.25) is 14.7 Å². The Morgan fingerprint density at radius 1 is 1.22 bits per heavy atom. The van der Waals surface area contributed by atoms with Crippen molar-refractivity contribution in [1.29, 1.82) is 0 Å². The lowest BCUT2D eigenvalue weighted by molar-refractivity contribution is -0.117. The van der Waals surface area contributed by atoms with E-state index < -0.39 is 6.03 Å². The normalized spacial score (nSPS) is 14.1. The molecular formula is C19H23N5O2S. The lowest BCUT2D eigenvalue weighted by Gasteiger charge is -2.12. The van der Waals surface area contributed by atoms with E-state index in [-0.39, 0.29) is 17.7 Å². The van der Waals surface area contributed by atoms with Gasteiger partial charge in [0.25, 0.3) is 0 Å². The topological polar surface area (TPSA) is 88.9 Å². The molecule has 0 radical (unpaired) electrons. The van der Waals surface area contributed by atoms with Gasteiger partial charge in [0.2, 0.25) is 5.91 Å². The molecular weight excluding hydrogens is 362 g/mol. The smallest absolute Gasteiger partial charge is 0.321 e. The second-order valence-electron chi connectivity index (χ2n) is 6.36. The van der Waals surface area contributed by atoms with Crippen molar-refractivity contribution < 1.29 is 9.59 Å². The summed E-state index contributed by atoms with van der Waals surface area (Å²) in [5.74, 6) is 0.449. The average molecular weight is 385 g/mol. The fraction of sp³-hybridized carbons (Fsp3) is 0.368. The van der Waals surface area contributed by atoms with Crippen LogP contribution in [0.2, 0.25) is 0 Å². The zero-order valence-electron chi connectivity index (χ0n) is 15.1. The summed E-state index contributed by atoms with van der Waals surface area (Å²) in [6, 6.07) is 9.47. The number of imide groups is 1. The molecule has 2 N–H and O–H groups in total. The van der Waals surface area contributed by atoms with Crippen LogP contribution in [-0.2, 0) is 11.3 Å². The summed E-state index contributed by atoms with van der Waals surface area (Å²) >= 11 is 1.24. The van der Waals surface area contributed by atoms with Crippen molar-refractivity contribution in [2.75, 3.05) is 5.75 Å². The van der Waals surface area contributed by atoms with Crippen LogP contribution in [0.1, 0.15) is 25.7 Å². The Morgan fingerprint density at radius 2 is 1.96 bits per heavy atom. The van der Waals surface area contributed by atoms with E-state index >= 15 is 0 Å². The van der Waals surface area contributed by atoms with Gasteiger partial charge in [-0.1, -0.05) is 61.0 Å². The summed E-state index contributed by atoms with van der Waals surface area (Å²) < 4.78 is 1.90. The molecule has 0 aliphatic heterocycles. The maximum Gasteiger partial charge on any atom is 0.321 e. The summed E-state index contributed by atoms with van der Waals surface area (Å²) in [5, 5.41) is 14.3. The van der Waals surface area contributed by atoms with Gasteiger partial charge >= 0.3 is 6.03 Å². The average Bonchev–Trinajstić information content (AvgIpc) is 3.31. The maximum absolute atomic E-state index is 12.1. The second kappa shape index (κ2) is 9.36. The molecule has 0 unspecified atom stereocenters. The highest BCUT2D eigenvalue weighted by atomic mass is 32.2. The van der Waals surface area contributed by atoms with E-state index in [9.17, 15) is 9.59 Å². The van der Waals surface area contributed by atoms with Crippen molar-refractivity contribution in [2.24, 2.45) is 0 Å². The summed E-state index contributed by atoms with van der Waals surface area (Å²) in [6.07, 6.45) is 5.95. The second-order valence-corrected chi connectivity index (χ2v) is 7.31. The first-order valence-corrected chi connectivity index (χ1v) is 9.98. The zero-order valence-corrected chi connectivity index (χ0v) is 15.9. The summed E-state index contributed by atoms with van der Waals surface area (Å²) in [6.45, 7) is 4.31. The van der Waals surface area contributed by atoms with Gasteiger partial charge in [-0.15, -0.1) is 16.8 Å². The Morgan fingerprint density at radius 3 is 2.67 bits per heavy atom. The van der Waals surface area contributed by atoms with E-state index in [1.165, 1.54) is 11.8 Å². The molecule has 27 heavy (non-hydrogen) atoms. The number of aromatic nitrogens is 3. The molecule has 0 bridgehead atoms. The quantitative estimate of drug-likeness (QED) is 0.565. The van der Waals surface area contributed by atoms with Gasteiger partial charge in [0.15, 0.2) is 11.0 Å². The van der Waals surface area contributed by atoms with E-state index in [0.717, 1.165) is 37.1 Å². The van der Waals surface area contributed by atoms with Crippen molar-refractivity contribution in [3.8, 4) is 11.4 Å². The van der Waals surface area contributed by atoms with Gasteiger partial charge in [-0.2, -0.15) is 0 Å². The van der Waals surface area contributed by atoms with E-state index in [2.05, 4.69) is 27.4 Å². The third-order valence-electron chi connectivity index (χ3n) is 4.34. The van der Waals surface area contributed by atoms with E-state index in [1.807, 2.05) is 34.9 Å². The number of hydrogen-bond donors (Lipinski definition) is 2. The molecule has 1 heterocycles. The molecule has 0 saturated heterocycles. The predicted octanol–water partition coefficient (Wildman–Crippen LogP) is 2.99. The molecule has 2 aromatic rings. The fourth-order valence-electron chi connectivity index (χ4n) is 3.07. The van der Waals surface area contributed by atoms with Crippen molar-refractivity contribution in [3.05, 3.63) is 43.0 Å². The Kier molecular flexibility index (Phi) is 6.64. The van der Waals surface area contributed by atoms with Crippen LogP contribution in [0.15, 0.2) is 48.1 Å². The summed E-state index contributed by atoms with van der Waals surface area (Å²) in [5.41, 5.74) is 0.944. The monoisotopic (exact) mass is 385 g/mol. The van der Waals surface area contributed by atoms with Gasteiger partial charge in [0.05, 0.1) is 5.75 Å². The number of carbonyl (C=O) groups is 2. The molecule has 1 aliphatic rings. The Balaban J connectivity index is 1.58. The number of allylic oxidation sites excluding steroid dienone is 1. The van der Waals surface area contributed by atoms with Crippen LogP contribution in [0.5, 0.6) is 0 Å². The molecule has 3 amide bonds. The van der Waals surface area contributed by atoms with Crippen LogP contribution < -0.4 is 10.6 Å². The molecule has 0 spiro atoms. The Bertz CT molecular complexity index is 800. The Labute approximate surface area is 162 Å². The molecule has 8 heteroatoms. The molecule has 142 valence electrons. The van der Waals surface area contributed by atoms with Crippen LogP contribution in [0.4, 0.5) is 4.79 Å². The number of urea groups is 1. The highest BCUT2D eigenvalue weighted by Crippen LogP contribution is 2.23. The first-order chi connectivity index (χ1) is 13.2. The van der Waals surface area contributed by atoms with E-state index in [0.29, 0.717) is 11.7 Å². The van der Waals surface area contributed by atoms with Crippen LogP contribution in [0.3, 0.4) is 0 Å². The van der Waals surface area contributed by atoms with E-state index in [1.54, 1.807) is 6.08 Å². The highest BCUT2D eigenvalue weighted by Gasteiger charge is 2.19. The first-order valence-electron chi connectivity index (χ1n) is 9.00. The van der Waals surface area contributed by atoms with Crippen LogP contribution >= 0.6 is 11.8 Å². The van der Waals surface area contributed by atoms with E-state index in [4.69, 9.17) is 0 Å². The van der Waals surface area contributed by atoms with Crippen molar-refractivity contribution in [1.82, 2.24) is 25.4 Å². The predicted molar refractivity (Wildman–Crippen MR) is 105 cm³/mol. The molecule has 1 aliphatic carbocycles. The molecule has 7 nitrogen and oxygen atoms in total. The van der Waals surface area contributed by atoms with Crippen molar-refractivity contribution in [3.63, 3.8) is 0 Å². The third kappa shape index (κ3) is 5.19. The summed E-state index contributed by atoms with van der Waals surface area (Å²) in [7, 11) is 0. The number of hydrogen-bond acceptors (Lipinski definition) is 5. The minimum Gasteiger partial charge on any atom is -0.335 e. The largest absolute Gasteiger partial charge is 0.335 e. The summed E-state index contributed by atoms with van der Waals surface area (Å²) in [4.78, 5) is 24.0. The molecule has 1 aromatic carbocycles. The highest BCUT2D eigenvalue weighted by molar-refractivity contribution is 7.99. The number of nitrogens with one attached hydrogen (secondary N) is 2.